The fourth-order valence-corrected chi connectivity index (χ4v) is 1.79. The van der Waals surface area contributed by atoms with Gasteiger partial charge in [0.2, 0.25) is 0 Å². The quantitative estimate of drug-likeness (QED) is 0.706. The summed E-state index contributed by atoms with van der Waals surface area (Å²) >= 11 is 5.79. The first kappa shape index (κ1) is 12.0. The highest BCUT2D eigenvalue weighted by molar-refractivity contribution is 6.17. The Hall–Kier alpha value is -1.47. The van der Waals surface area contributed by atoms with E-state index < -0.39 is 0 Å². The van der Waals surface area contributed by atoms with Crippen LogP contribution in [-0.4, -0.2) is 0 Å². The normalized spacial score (nSPS) is 10.2. The zero-order chi connectivity index (χ0) is 12.1. The third-order valence-electron chi connectivity index (χ3n) is 2.62. The van der Waals surface area contributed by atoms with Crippen molar-refractivity contribution < 1.29 is 4.74 Å². The number of hydrogen-bond acceptors (Lipinski definition) is 1. The van der Waals surface area contributed by atoms with Crippen LogP contribution in [0.4, 0.5) is 0 Å². The predicted octanol–water partition coefficient (Wildman–Crippen LogP) is 4.78. The molecule has 0 aliphatic carbocycles. The maximum atomic E-state index is 5.79. The van der Waals surface area contributed by atoms with Crippen LogP contribution in [0.3, 0.4) is 0 Å². The van der Waals surface area contributed by atoms with Gasteiger partial charge in [-0.05, 0) is 41.8 Å². The van der Waals surface area contributed by atoms with Gasteiger partial charge in [-0.2, -0.15) is 0 Å². The van der Waals surface area contributed by atoms with Crippen LogP contribution in [0, 0.1) is 0 Å². The molecule has 2 aromatic carbocycles. The Labute approximate surface area is 107 Å². The van der Waals surface area contributed by atoms with Crippen molar-refractivity contribution in [2.24, 2.45) is 0 Å². The van der Waals surface area contributed by atoms with Crippen molar-refractivity contribution in [3.63, 3.8) is 0 Å². The Balaban J connectivity index is 2.13. The minimum atomic E-state index is 0.506. The number of hydrogen-bond donors (Lipinski definition) is 0. The molecule has 0 aromatic heterocycles. The van der Waals surface area contributed by atoms with E-state index in [1.165, 1.54) is 5.56 Å². The molecule has 0 aliphatic rings. The molecule has 0 bridgehead atoms. The number of ether oxygens (including phenoxy) is 1. The van der Waals surface area contributed by atoms with Gasteiger partial charge in [-0.3, -0.25) is 0 Å². The number of halogens is 1. The maximum Gasteiger partial charge on any atom is 0.127 e. The van der Waals surface area contributed by atoms with Gasteiger partial charge < -0.3 is 4.74 Å². The van der Waals surface area contributed by atoms with Gasteiger partial charge in [0, 0.05) is 5.88 Å². The molecule has 17 heavy (non-hydrogen) atoms. The molecule has 2 rings (SSSR count). The third kappa shape index (κ3) is 3.24. The second-order valence-electron chi connectivity index (χ2n) is 3.88. The predicted molar refractivity (Wildman–Crippen MR) is 71.9 cm³/mol. The summed E-state index contributed by atoms with van der Waals surface area (Å²) in [6.07, 6.45) is 1.04. The molecule has 88 valence electrons. The lowest BCUT2D eigenvalue weighted by Gasteiger charge is -2.07. The summed E-state index contributed by atoms with van der Waals surface area (Å²) in [5, 5.41) is 0. The van der Waals surface area contributed by atoms with Crippen LogP contribution in [-0.2, 0) is 12.3 Å². The molecule has 0 saturated heterocycles. The van der Waals surface area contributed by atoms with Crippen LogP contribution in [0.25, 0.3) is 0 Å². The highest BCUT2D eigenvalue weighted by Crippen LogP contribution is 2.23. The van der Waals surface area contributed by atoms with E-state index in [1.54, 1.807) is 0 Å². The summed E-state index contributed by atoms with van der Waals surface area (Å²) in [6, 6.07) is 16.0. The smallest absolute Gasteiger partial charge is 0.127 e. The van der Waals surface area contributed by atoms with Crippen LogP contribution in [0.1, 0.15) is 18.1 Å². The lowest BCUT2D eigenvalue weighted by atomic mass is 10.2. The molecule has 0 N–H and O–H groups in total. The molecule has 0 saturated carbocycles. The van der Waals surface area contributed by atoms with Crippen molar-refractivity contribution in [3.05, 3.63) is 59.7 Å². The summed E-state index contributed by atoms with van der Waals surface area (Å²) in [4.78, 5) is 0. The van der Waals surface area contributed by atoms with Crippen molar-refractivity contribution in [3.8, 4) is 11.5 Å². The molecule has 0 spiro atoms. The summed E-state index contributed by atoms with van der Waals surface area (Å²) < 4.78 is 5.76. The van der Waals surface area contributed by atoms with Crippen molar-refractivity contribution in [1.29, 1.82) is 0 Å². The topological polar surface area (TPSA) is 9.23 Å². The molecule has 0 unspecified atom stereocenters. The summed E-state index contributed by atoms with van der Waals surface area (Å²) in [6.45, 7) is 2.14. The molecule has 2 heteroatoms. The van der Waals surface area contributed by atoms with Gasteiger partial charge >= 0.3 is 0 Å². The first-order valence-electron chi connectivity index (χ1n) is 5.73. The van der Waals surface area contributed by atoms with E-state index in [-0.39, 0.29) is 0 Å². The Morgan fingerprint density at radius 2 is 1.71 bits per heavy atom. The average molecular weight is 247 g/mol. The van der Waals surface area contributed by atoms with Crippen LogP contribution in [0.15, 0.2) is 48.5 Å². The number of benzene rings is 2. The first-order valence-corrected chi connectivity index (χ1v) is 6.27. The molecule has 0 heterocycles. The van der Waals surface area contributed by atoms with Gasteiger partial charge in [-0.25, -0.2) is 0 Å². The van der Waals surface area contributed by atoms with E-state index in [0.717, 1.165) is 23.5 Å². The fourth-order valence-electron chi connectivity index (χ4n) is 1.62. The van der Waals surface area contributed by atoms with E-state index in [4.69, 9.17) is 16.3 Å². The van der Waals surface area contributed by atoms with Gasteiger partial charge in [0.15, 0.2) is 0 Å². The molecule has 0 fully saturated rings. The molecular weight excluding hydrogens is 232 g/mol. The Kier molecular flexibility index (Phi) is 4.05. The van der Waals surface area contributed by atoms with Gasteiger partial charge in [0.05, 0.1) is 0 Å². The van der Waals surface area contributed by atoms with Crippen LogP contribution >= 0.6 is 11.6 Å². The SMILES string of the molecule is CCc1ccc(Oc2cccc(CCl)c2)cc1. The molecule has 0 amide bonds. The monoisotopic (exact) mass is 246 g/mol. The standard InChI is InChI=1S/C15H15ClO/c1-2-12-6-8-14(9-7-12)17-15-5-3-4-13(10-15)11-16/h3-10H,2,11H2,1H3. The lowest BCUT2D eigenvalue weighted by Crippen LogP contribution is -1.86. The minimum Gasteiger partial charge on any atom is -0.457 e. The minimum absolute atomic E-state index is 0.506. The zero-order valence-corrected chi connectivity index (χ0v) is 10.6. The molecular formula is C15H15ClO. The largest absolute Gasteiger partial charge is 0.457 e. The highest BCUT2D eigenvalue weighted by Gasteiger charge is 1.98. The molecule has 0 atom stereocenters. The summed E-state index contributed by atoms with van der Waals surface area (Å²) in [5.74, 6) is 2.19. The zero-order valence-electron chi connectivity index (χ0n) is 9.82. The van der Waals surface area contributed by atoms with Gasteiger partial charge in [-0.15, -0.1) is 11.6 Å². The maximum absolute atomic E-state index is 5.79. The van der Waals surface area contributed by atoms with Crippen molar-refractivity contribution in [1.82, 2.24) is 0 Å². The van der Waals surface area contributed by atoms with E-state index >= 15 is 0 Å². The number of aryl methyl sites for hydroxylation is 1. The third-order valence-corrected chi connectivity index (χ3v) is 2.93. The van der Waals surface area contributed by atoms with E-state index in [2.05, 4.69) is 19.1 Å². The van der Waals surface area contributed by atoms with E-state index in [9.17, 15) is 0 Å². The van der Waals surface area contributed by atoms with Crippen molar-refractivity contribution in [2.75, 3.05) is 0 Å². The Morgan fingerprint density at radius 1 is 0.941 bits per heavy atom. The Morgan fingerprint density at radius 3 is 2.35 bits per heavy atom. The average Bonchev–Trinajstić information content (AvgIpc) is 2.40. The van der Waals surface area contributed by atoms with Gasteiger partial charge in [0.25, 0.3) is 0 Å². The molecule has 0 aliphatic heterocycles. The van der Waals surface area contributed by atoms with E-state index in [1.807, 2.05) is 36.4 Å². The van der Waals surface area contributed by atoms with Crippen LogP contribution < -0.4 is 4.74 Å². The van der Waals surface area contributed by atoms with Crippen molar-refractivity contribution in [2.45, 2.75) is 19.2 Å². The highest BCUT2D eigenvalue weighted by atomic mass is 35.5. The molecule has 0 radical (unpaired) electrons. The fraction of sp³-hybridized carbons (Fsp3) is 0.200. The second-order valence-corrected chi connectivity index (χ2v) is 4.15. The van der Waals surface area contributed by atoms with Gasteiger partial charge in [0.1, 0.15) is 11.5 Å². The number of rotatable bonds is 4. The lowest BCUT2D eigenvalue weighted by molar-refractivity contribution is 0.482. The van der Waals surface area contributed by atoms with Crippen LogP contribution in [0.2, 0.25) is 0 Å². The number of alkyl halides is 1. The van der Waals surface area contributed by atoms with E-state index in [0.29, 0.717) is 5.88 Å². The summed E-state index contributed by atoms with van der Waals surface area (Å²) in [7, 11) is 0. The van der Waals surface area contributed by atoms with Crippen molar-refractivity contribution >= 4 is 11.6 Å². The molecule has 1 nitrogen and oxygen atoms in total. The van der Waals surface area contributed by atoms with Gasteiger partial charge in [-0.1, -0.05) is 31.2 Å². The molecule has 2 aromatic rings. The second kappa shape index (κ2) is 5.74. The first-order chi connectivity index (χ1) is 8.31. The van der Waals surface area contributed by atoms with Crippen LogP contribution in [0.5, 0.6) is 11.5 Å². The Bertz CT molecular complexity index is 477. The summed E-state index contributed by atoms with van der Waals surface area (Å²) in [5.41, 5.74) is 2.38.